The van der Waals surface area contributed by atoms with Crippen LogP contribution in [0.1, 0.15) is 94.6 Å². The number of carbonyl (C=O) groups excluding carboxylic acids is 4. The van der Waals surface area contributed by atoms with Crippen molar-refractivity contribution in [2.24, 2.45) is 0 Å². The fraction of sp³-hybridized carbons (Fsp3) is 0.267. The van der Waals surface area contributed by atoms with Crippen LogP contribution in [-0.2, 0) is 22.4 Å². The summed E-state index contributed by atoms with van der Waals surface area (Å²) in [5.41, 5.74) is 4.94. The van der Waals surface area contributed by atoms with Gasteiger partial charge in [-0.2, -0.15) is 0 Å². The molecule has 6 aromatic carbocycles. The third-order valence-corrected chi connectivity index (χ3v) is 12.7. The van der Waals surface area contributed by atoms with Gasteiger partial charge in [-0.25, -0.2) is 0 Å². The van der Waals surface area contributed by atoms with E-state index >= 15 is 0 Å². The van der Waals surface area contributed by atoms with Gasteiger partial charge in [0.1, 0.15) is 23.6 Å². The number of fused-ring (bicyclic) bond motifs is 2. The molecule has 2 aliphatic heterocycles. The number of ether oxygens (including phenoxy) is 2. The number of para-hydroxylation sites is 2. The highest BCUT2D eigenvalue weighted by Crippen LogP contribution is 2.27. The molecule has 0 radical (unpaired) electrons. The van der Waals surface area contributed by atoms with Gasteiger partial charge in [0.2, 0.25) is 11.8 Å². The lowest BCUT2D eigenvalue weighted by molar-refractivity contribution is -0.126. The highest BCUT2D eigenvalue weighted by atomic mass is 16.5. The van der Waals surface area contributed by atoms with Crippen LogP contribution in [0.4, 0.5) is 0 Å². The molecule has 2 N–H and O–H groups in total. The molecule has 4 amide bonds. The summed E-state index contributed by atoms with van der Waals surface area (Å²) < 4.78 is 12.3. The molecule has 0 saturated heterocycles. The van der Waals surface area contributed by atoms with Gasteiger partial charge in [0.15, 0.2) is 0 Å². The van der Waals surface area contributed by atoms with Gasteiger partial charge in [-0.05, 0) is 73.2 Å². The molecule has 10 nitrogen and oxygen atoms in total. The Balaban J connectivity index is 0.000000206. The molecule has 6 aromatic rings. The van der Waals surface area contributed by atoms with E-state index in [0.29, 0.717) is 61.2 Å². The normalized spacial score (nSPS) is 22.3. The van der Waals surface area contributed by atoms with E-state index in [9.17, 15) is 19.2 Å². The van der Waals surface area contributed by atoms with E-state index in [1.54, 1.807) is 36.0 Å². The minimum Gasteiger partial charge on any atom is -0.490 e. The third kappa shape index (κ3) is 13.7. The number of amides is 4. The van der Waals surface area contributed by atoms with Crippen LogP contribution in [0.5, 0.6) is 11.5 Å². The fourth-order valence-corrected chi connectivity index (χ4v) is 8.67. The summed E-state index contributed by atoms with van der Waals surface area (Å²) in [5, 5.41) is 6.46. The highest BCUT2D eigenvalue weighted by Gasteiger charge is 2.33. The molecule has 360 valence electrons. The van der Waals surface area contributed by atoms with Crippen LogP contribution in [-0.4, -0.2) is 71.8 Å². The number of hydrogen-bond acceptors (Lipinski definition) is 6. The van der Waals surface area contributed by atoms with Crippen molar-refractivity contribution in [3.8, 4) is 11.5 Å². The summed E-state index contributed by atoms with van der Waals surface area (Å²) in [4.78, 5) is 57.9. The number of likely N-dealkylation sites (N-methyl/N-ethyl adjacent to an activating group) is 2. The Morgan fingerprint density at radius 2 is 0.743 bits per heavy atom. The quantitative estimate of drug-likeness (QED) is 0.161. The number of benzene rings is 6. The van der Waals surface area contributed by atoms with Crippen LogP contribution in [0.3, 0.4) is 0 Å². The lowest BCUT2D eigenvalue weighted by Gasteiger charge is -2.30. The van der Waals surface area contributed by atoms with Crippen molar-refractivity contribution >= 4 is 23.6 Å². The lowest BCUT2D eigenvalue weighted by atomic mass is 9.99. The second-order valence-corrected chi connectivity index (χ2v) is 17.9. The second-order valence-electron chi connectivity index (χ2n) is 17.9. The maximum absolute atomic E-state index is 13.7. The molecule has 10 heteroatoms. The summed E-state index contributed by atoms with van der Waals surface area (Å²) >= 11 is 0. The number of nitrogens with one attached hydrogen (secondary N) is 2. The molecule has 0 spiro atoms. The van der Waals surface area contributed by atoms with Crippen molar-refractivity contribution in [1.29, 1.82) is 0 Å². The van der Waals surface area contributed by atoms with Crippen molar-refractivity contribution < 1.29 is 28.7 Å². The van der Waals surface area contributed by atoms with Gasteiger partial charge in [0, 0.05) is 39.8 Å². The molecule has 0 aliphatic carbocycles. The molecular formula is C60H64N4O6. The van der Waals surface area contributed by atoms with E-state index in [1.165, 1.54) is 0 Å². The van der Waals surface area contributed by atoms with Crippen LogP contribution >= 0.6 is 0 Å². The molecule has 8 rings (SSSR count). The first-order valence-electron chi connectivity index (χ1n) is 24.2. The number of carbonyl (C=O) groups is 4. The number of rotatable bonds is 6. The molecule has 0 fully saturated rings. The Kier molecular flexibility index (Phi) is 18.0. The van der Waals surface area contributed by atoms with E-state index < -0.39 is 12.1 Å². The Morgan fingerprint density at radius 1 is 0.429 bits per heavy atom. The van der Waals surface area contributed by atoms with Crippen molar-refractivity contribution in [3.63, 3.8) is 0 Å². The van der Waals surface area contributed by atoms with Gasteiger partial charge in [-0.1, -0.05) is 170 Å². The summed E-state index contributed by atoms with van der Waals surface area (Å²) in [6, 6.07) is 52.2. The van der Waals surface area contributed by atoms with E-state index in [1.807, 2.05) is 172 Å². The Labute approximate surface area is 413 Å². The summed E-state index contributed by atoms with van der Waals surface area (Å²) in [7, 11) is 3.39. The van der Waals surface area contributed by atoms with E-state index in [0.717, 1.165) is 22.3 Å². The van der Waals surface area contributed by atoms with Gasteiger partial charge in [0.25, 0.3) is 11.8 Å². The molecule has 0 bridgehead atoms. The van der Waals surface area contributed by atoms with E-state index in [2.05, 4.69) is 34.9 Å². The first-order valence-corrected chi connectivity index (χ1v) is 24.2. The first kappa shape index (κ1) is 50.2. The fourth-order valence-electron chi connectivity index (χ4n) is 8.67. The number of nitrogens with zero attached hydrogens (tertiary/aromatic N) is 2. The zero-order valence-electron chi connectivity index (χ0n) is 40.5. The van der Waals surface area contributed by atoms with Crippen LogP contribution in [0.15, 0.2) is 194 Å². The van der Waals surface area contributed by atoms with Crippen LogP contribution in [0.2, 0.25) is 0 Å². The highest BCUT2D eigenvalue weighted by molar-refractivity contribution is 6.00. The Bertz CT molecular complexity index is 2510. The van der Waals surface area contributed by atoms with Gasteiger partial charge in [0.05, 0.1) is 35.4 Å². The van der Waals surface area contributed by atoms with Crippen molar-refractivity contribution in [2.75, 3.05) is 14.1 Å². The zero-order chi connectivity index (χ0) is 49.2. The van der Waals surface area contributed by atoms with Crippen LogP contribution in [0, 0.1) is 0 Å². The SMILES string of the molecule is C[C@@H]1C/C=C/C[C@@H](c2ccccc2)NC(=O)[C@@H](Cc2ccccc2)N(C)C(=O)c2ccccc2O1.C[C@@H]1C/C=C\C[C@@H](c2ccccc2)NC(=O)[C@@H](Cc2ccccc2)N(C)C(=O)c2ccccc2O1. The number of hydrogen-bond donors (Lipinski definition) is 2. The third-order valence-electron chi connectivity index (χ3n) is 12.7. The van der Waals surface area contributed by atoms with Crippen molar-refractivity contribution in [1.82, 2.24) is 20.4 Å². The largest absolute Gasteiger partial charge is 0.490 e. The molecule has 0 unspecified atom stereocenters. The molecular weight excluding hydrogens is 873 g/mol. The Hall–Kier alpha value is -7.72. The molecule has 2 aliphatic rings. The van der Waals surface area contributed by atoms with Crippen molar-refractivity contribution in [2.45, 2.75) is 88.7 Å². The Morgan fingerprint density at radius 3 is 1.11 bits per heavy atom. The molecule has 0 aromatic heterocycles. The van der Waals surface area contributed by atoms with Gasteiger partial charge in [-0.3, -0.25) is 19.2 Å². The predicted octanol–water partition coefficient (Wildman–Crippen LogP) is 10.7. The molecule has 6 atom stereocenters. The average molecular weight is 937 g/mol. The average Bonchev–Trinajstić information content (AvgIpc) is 3.39. The van der Waals surface area contributed by atoms with Crippen LogP contribution in [0.25, 0.3) is 0 Å². The maximum Gasteiger partial charge on any atom is 0.258 e. The minimum absolute atomic E-state index is 0.0988. The van der Waals surface area contributed by atoms with Gasteiger partial charge >= 0.3 is 0 Å². The van der Waals surface area contributed by atoms with E-state index in [4.69, 9.17) is 9.47 Å². The van der Waals surface area contributed by atoms with Crippen LogP contribution < -0.4 is 20.1 Å². The second kappa shape index (κ2) is 25.1. The first-order chi connectivity index (χ1) is 34.0. The molecule has 2 heterocycles. The maximum atomic E-state index is 13.7. The van der Waals surface area contributed by atoms with Gasteiger partial charge in [-0.15, -0.1) is 0 Å². The predicted molar refractivity (Wildman–Crippen MR) is 277 cm³/mol. The summed E-state index contributed by atoms with van der Waals surface area (Å²) in [6.45, 7) is 3.99. The summed E-state index contributed by atoms with van der Waals surface area (Å²) in [5.74, 6) is 0.207. The topological polar surface area (TPSA) is 117 Å². The standard InChI is InChI=1S/2C30H32N2O3/c2*1-22-13-9-11-19-26(24-16-7-4-8-17-24)31-29(33)27(21-23-14-5-3-6-15-23)32(2)30(34)25-18-10-12-20-28(25)35-22/h2*3-12,14-18,20,22,26-27H,13,19,21H2,1-2H3,(H,31,33)/b11-9+;11-9-/t2*22-,26+,27-/m11/s1. The van der Waals surface area contributed by atoms with Crippen molar-refractivity contribution in [3.05, 3.63) is 228 Å². The zero-order valence-corrected chi connectivity index (χ0v) is 40.5. The molecule has 0 saturated carbocycles. The lowest BCUT2D eigenvalue weighted by Crippen LogP contribution is -2.49. The minimum atomic E-state index is -0.687. The summed E-state index contributed by atoms with van der Waals surface area (Å²) in [6.07, 6.45) is 11.7. The monoisotopic (exact) mass is 936 g/mol. The van der Waals surface area contributed by atoms with Gasteiger partial charge < -0.3 is 29.9 Å². The molecule has 70 heavy (non-hydrogen) atoms. The van der Waals surface area contributed by atoms with E-state index in [-0.39, 0.29) is 47.9 Å². The smallest absolute Gasteiger partial charge is 0.258 e.